The van der Waals surface area contributed by atoms with E-state index in [0.717, 1.165) is 23.4 Å². The summed E-state index contributed by atoms with van der Waals surface area (Å²) in [6, 6.07) is 6.94. The number of amides is 1. The molecule has 5 rings (SSSR count). The number of fused-ring (bicyclic) bond motifs is 3. The molecule has 3 aromatic rings. The van der Waals surface area contributed by atoms with Crippen molar-refractivity contribution < 1.29 is 9.21 Å². The van der Waals surface area contributed by atoms with E-state index < -0.39 is 0 Å². The van der Waals surface area contributed by atoms with Gasteiger partial charge in [-0.25, -0.2) is 9.97 Å². The molecule has 0 aliphatic carbocycles. The van der Waals surface area contributed by atoms with Gasteiger partial charge in [0.15, 0.2) is 5.58 Å². The fraction of sp³-hybridized carbons (Fsp3) is 0.476. The Bertz CT molecular complexity index is 1010. The molecular formula is C21H24N4O2S. The highest BCUT2D eigenvalue weighted by molar-refractivity contribution is 7.13. The van der Waals surface area contributed by atoms with Gasteiger partial charge in [0.05, 0.1) is 16.8 Å². The van der Waals surface area contributed by atoms with Crippen molar-refractivity contribution >= 4 is 28.3 Å². The first-order chi connectivity index (χ1) is 13.6. The van der Waals surface area contributed by atoms with Crippen LogP contribution in [0.5, 0.6) is 0 Å². The number of carbonyl (C=O) groups excluding carboxylic acids is 1. The lowest BCUT2D eigenvalue weighted by Gasteiger charge is -2.47. The number of benzene rings is 1. The number of thiazole rings is 1. The molecule has 2 unspecified atom stereocenters. The lowest BCUT2D eigenvalue weighted by Crippen LogP contribution is -2.55. The maximum absolute atomic E-state index is 13.1. The molecule has 0 spiro atoms. The molecule has 146 valence electrons. The Morgan fingerprint density at radius 3 is 2.79 bits per heavy atom. The van der Waals surface area contributed by atoms with Crippen LogP contribution in [-0.4, -0.2) is 45.9 Å². The van der Waals surface area contributed by atoms with Crippen LogP contribution in [0.25, 0.3) is 21.9 Å². The quantitative estimate of drug-likeness (QED) is 0.724. The van der Waals surface area contributed by atoms with E-state index >= 15 is 0 Å². The van der Waals surface area contributed by atoms with E-state index in [1.165, 1.54) is 30.6 Å². The number of nitrogens with zero attached hydrogens (tertiary/aromatic N) is 3. The zero-order chi connectivity index (χ0) is 19.3. The second-order valence-corrected chi connectivity index (χ2v) is 8.84. The standard InChI is InChI=1S/C21H24N4O2S/c1-12-19(28-11-22-12)21-24-18-16(7-4-8-17(18)27-21)20(26)23-13-9-14-5-3-6-15(10-13)25(14)2/h4,7-8,11,13-15H,3,5-6,9-10H2,1-2H3,(H,23,26). The number of hydrogen-bond donors (Lipinski definition) is 1. The van der Waals surface area contributed by atoms with E-state index in [4.69, 9.17) is 4.42 Å². The minimum absolute atomic E-state index is 0.0564. The molecule has 1 N–H and O–H groups in total. The minimum Gasteiger partial charge on any atom is -0.435 e. The number of aryl methyl sites for hydroxylation is 1. The van der Waals surface area contributed by atoms with Gasteiger partial charge in [0, 0.05) is 18.1 Å². The van der Waals surface area contributed by atoms with E-state index in [0.29, 0.717) is 34.6 Å². The topological polar surface area (TPSA) is 71.3 Å². The fourth-order valence-corrected chi connectivity index (χ4v) is 5.46. The van der Waals surface area contributed by atoms with Crippen molar-refractivity contribution in [3.05, 3.63) is 35.0 Å². The zero-order valence-corrected chi connectivity index (χ0v) is 17.0. The van der Waals surface area contributed by atoms with Crippen molar-refractivity contribution in [1.82, 2.24) is 20.2 Å². The largest absolute Gasteiger partial charge is 0.435 e. The lowest BCUT2D eigenvalue weighted by molar-refractivity contribution is 0.0463. The van der Waals surface area contributed by atoms with E-state index in [1.54, 1.807) is 5.51 Å². The third kappa shape index (κ3) is 3.02. The average Bonchev–Trinajstić information content (AvgIpc) is 3.27. The molecule has 6 nitrogen and oxygen atoms in total. The van der Waals surface area contributed by atoms with Crippen molar-refractivity contribution in [1.29, 1.82) is 0 Å². The van der Waals surface area contributed by atoms with Crippen LogP contribution in [0.15, 0.2) is 28.1 Å². The Kier molecular flexibility index (Phi) is 4.44. The van der Waals surface area contributed by atoms with Crippen molar-refractivity contribution in [2.75, 3.05) is 7.05 Å². The molecule has 2 bridgehead atoms. The number of oxazole rings is 1. The lowest BCUT2D eigenvalue weighted by atomic mass is 9.82. The summed E-state index contributed by atoms with van der Waals surface area (Å²) in [4.78, 5) is 25.4. The monoisotopic (exact) mass is 396 g/mol. The van der Waals surface area contributed by atoms with Crippen LogP contribution in [0.4, 0.5) is 0 Å². The molecule has 7 heteroatoms. The van der Waals surface area contributed by atoms with Crippen molar-refractivity contribution in [2.45, 2.75) is 57.2 Å². The van der Waals surface area contributed by atoms with Gasteiger partial charge in [-0.3, -0.25) is 4.79 Å². The van der Waals surface area contributed by atoms with Gasteiger partial charge in [0.2, 0.25) is 5.89 Å². The highest BCUT2D eigenvalue weighted by atomic mass is 32.1. The van der Waals surface area contributed by atoms with Gasteiger partial charge < -0.3 is 14.6 Å². The first-order valence-corrected chi connectivity index (χ1v) is 10.8. The summed E-state index contributed by atoms with van der Waals surface area (Å²) in [6.07, 6.45) is 5.82. The van der Waals surface area contributed by atoms with Gasteiger partial charge in [-0.2, -0.15) is 0 Å². The van der Waals surface area contributed by atoms with Crippen LogP contribution in [-0.2, 0) is 0 Å². The Labute approximate surface area is 168 Å². The minimum atomic E-state index is -0.0564. The second-order valence-electron chi connectivity index (χ2n) is 7.98. The molecule has 2 aliphatic rings. The van der Waals surface area contributed by atoms with E-state index in [1.807, 2.05) is 25.1 Å². The predicted octanol–water partition coefficient (Wildman–Crippen LogP) is 4.00. The van der Waals surface area contributed by atoms with Crippen molar-refractivity contribution in [2.24, 2.45) is 0 Å². The van der Waals surface area contributed by atoms with E-state index in [2.05, 4.69) is 27.2 Å². The molecule has 2 atom stereocenters. The van der Waals surface area contributed by atoms with E-state index in [9.17, 15) is 4.79 Å². The summed E-state index contributed by atoms with van der Waals surface area (Å²) in [5.74, 6) is 0.475. The summed E-state index contributed by atoms with van der Waals surface area (Å²) >= 11 is 1.50. The number of carbonyl (C=O) groups is 1. The maximum Gasteiger partial charge on any atom is 0.253 e. The molecule has 4 heterocycles. The third-order valence-corrected chi connectivity index (χ3v) is 7.19. The van der Waals surface area contributed by atoms with Crippen LogP contribution in [0.1, 0.15) is 48.2 Å². The maximum atomic E-state index is 13.1. The molecule has 2 aromatic heterocycles. The first-order valence-electron chi connectivity index (χ1n) is 9.93. The average molecular weight is 397 g/mol. The van der Waals surface area contributed by atoms with Crippen LogP contribution in [0.3, 0.4) is 0 Å². The van der Waals surface area contributed by atoms with Gasteiger partial charge in [0.25, 0.3) is 5.91 Å². The van der Waals surface area contributed by atoms with Crippen LogP contribution in [0, 0.1) is 6.92 Å². The summed E-state index contributed by atoms with van der Waals surface area (Å²) < 4.78 is 5.92. The molecule has 2 fully saturated rings. The number of hydrogen-bond acceptors (Lipinski definition) is 6. The summed E-state index contributed by atoms with van der Waals surface area (Å²) in [5, 5.41) is 3.27. The Hall–Kier alpha value is -2.25. The number of aromatic nitrogens is 2. The van der Waals surface area contributed by atoms with Crippen LogP contribution < -0.4 is 5.32 Å². The third-order valence-electron chi connectivity index (χ3n) is 6.28. The zero-order valence-electron chi connectivity index (χ0n) is 16.1. The van der Waals surface area contributed by atoms with Crippen molar-refractivity contribution in [3.63, 3.8) is 0 Å². The smallest absolute Gasteiger partial charge is 0.253 e. The SMILES string of the molecule is Cc1ncsc1-c1nc2c(C(=O)NC3CC4CCCC(C3)N4C)cccc2o1. The highest BCUT2D eigenvalue weighted by Crippen LogP contribution is 2.33. The molecule has 28 heavy (non-hydrogen) atoms. The Morgan fingerprint density at radius 1 is 1.29 bits per heavy atom. The number of para-hydroxylation sites is 1. The highest BCUT2D eigenvalue weighted by Gasteiger charge is 2.36. The molecule has 1 amide bonds. The molecule has 1 aromatic carbocycles. The summed E-state index contributed by atoms with van der Waals surface area (Å²) in [5.41, 5.74) is 4.51. The predicted molar refractivity (Wildman–Crippen MR) is 110 cm³/mol. The van der Waals surface area contributed by atoms with Gasteiger partial charge in [0.1, 0.15) is 10.4 Å². The molecule has 2 aliphatic heterocycles. The number of piperidine rings is 2. The first kappa shape index (κ1) is 17.8. The number of rotatable bonds is 3. The molecule has 0 radical (unpaired) electrons. The Balaban J connectivity index is 1.40. The molecule has 2 saturated heterocycles. The Morgan fingerprint density at radius 2 is 2.07 bits per heavy atom. The van der Waals surface area contributed by atoms with Gasteiger partial charge in [-0.1, -0.05) is 12.5 Å². The summed E-state index contributed by atoms with van der Waals surface area (Å²) in [6.45, 7) is 1.94. The van der Waals surface area contributed by atoms with Gasteiger partial charge in [-0.05, 0) is 51.8 Å². The van der Waals surface area contributed by atoms with Gasteiger partial charge >= 0.3 is 0 Å². The molecule has 0 saturated carbocycles. The van der Waals surface area contributed by atoms with Crippen LogP contribution in [0.2, 0.25) is 0 Å². The second kappa shape index (κ2) is 6.97. The normalized spacial score (nSPS) is 25.1. The fourth-order valence-electron chi connectivity index (χ4n) is 4.73. The van der Waals surface area contributed by atoms with E-state index in [-0.39, 0.29) is 11.9 Å². The van der Waals surface area contributed by atoms with Gasteiger partial charge in [-0.15, -0.1) is 11.3 Å². The molecular weight excluding hydrogens is 372 g/mol. The van der Waals surface area contributed by atoms with Crippen LogP contribution >= 0.6 is 11.3 Å². The summed E-state index contributed by atoms with van der Waals surface area (Å²) in [7, 11) is 2.23. The number of nitrogens with one attached hydrogen (secondary N) is 1. The van der Waals surface area contributed by atoms with Crippen molar-refractivity contribution in [3.8, 4) is 10.8 Å².